The van der Waals surface area contributed by atoms with Crippen molar-refractivity contribution < 1.29 is 9.18 Å². The minimum absolute atomic E-state index is 0.0654. The zero-order valence-corrected chi connectivity index (χ0v) is 9.53. The van der Waals surface area contributed by atoms with Gasteiger partial charge in [0.15, 0.2) is 0 Å². The van der Waals surface area contributed by atoms with Crippen LogP contribution < -0.4 is 5.32 Å². The molecule has 0 heterocycles. The minimum Gasteiger partial charge on any atom is -0.351 e. The SMILES string of the molecule is O=C(CBr)NCc1cccc(Cl)c1F. The molecule has 0 saturated heterocycles. The van der Waals surface area contributed by atoms with Gasteiger partial charge >= 0.3 is 0 Å². The summed E-state index contributed by atoms with van der Waals surface area (Å²) < 4.78 is 13.3. The van der Waals surface area contributed by atoms with E-state index in [1.165, 1.54) is 6.07 Å². The van der Waals surface area contributed by atoms with Crippen molar-refractivity contribution in [2.75, 3.05) is 5.33 Å². The Labute approximate surface area is 94.6 Å². The second-order valence-electron chi connectivity index (χ2n) is 2.62. The van der Waals surface area contributed by atoms with Crippen molar-refractivity contribution in [3.05, 3.63) is 34.6 Å². The van der Waals surface area contributed by atoms with Crippen molar-refractivity contribution in [3.63, 3.8) is 0 Å². The van der Waals surface area contributed by atoms with Gasteiger partial charge in [0.25, 0.3) is 0 Å². The van der Waals surface area contributed by atoms with E-state index < -0.39 is 5.82 Å². The first-order valence-corrected chi connectivity index (χ1v) is 5.40. The summed E-state index contributed by atoms with van der Waals surface area (Å²) in [7, 11) is 0. The third-order valence-electron chi connectivity index (χ3n) is 1.63. The monoisotopic (exact) mass is 279 g/mol. The smallest absolute Gasteiger partial charge is 0.230 e. The number of rotatable bonds is 3. The number of carbonyl (C=O) groups excluding carboxylic acids is 1. The summed E-state index contributed by atoms with van der Waals surface area (Å²) >= 11 is 8.56. The summed E-state index contributed by atoms with van der Waals surface area (Å²) in [6.45, 7) is 0.150. The Balaban J connectivity index is 2.68. The molecular weight excluding hydrogens is 272 g/mol. The highest BCUT2D eigenvalue weighted by Gasteiger charge is 2.06. The number of benzene rings is 1. The van der Waals surface area contributed by atoms with Crippen molar-refractivity contribution in [1.82, 2.24) is 5.32 Å². The highest BCUT2D eigenvalue weighted by molar-refractivity contribution is 9.09. The van der Waals surface area contributed by atoms with Crippen molar-refractivity contribution in [2.24, 2.45) is 0 Å². The molecule has 1 N–H and O–H groups in total. The summed E-state index contributed by atoms with van der Waals surface area (Å²) in [6, 6.07) is 4.68. The molecule has 2 nitrogen and oxygen atoms in total. The number of hydrogen-bond acceptors (Lipinski definition) is 1. The minimum atomic E-state index is -0.482. The zero-order valence-electron chi connectivity index (χ0n) is 7.19. The van der Waals surface area contributed by atoms with Gasteiger partial charge in [0, 0.05) is 12.1 Å². The van der Waals surface area contributed by atoms with Crippen LogP contribution in [0.15, 0.2) is 18.2 Å². The van der Waals surface area contributed by atoms with Crippen molar-refractivity contribution in [1.29, 1.82) is 0 Å². The Bertz CT molecular complexity index is 346. The van der Waals surface area contributed by atoms with Gasteiger partial charge in [0.05, 0.1) is 10.4 Å². The van der Waals surface area contributed by atoms with E-state index in [-0.39, 0.29) is 22.8 Å². The van der Waals surface area contributed by atoms with Crippen LogP contribution in [0, 0.1) is 5.82 Å². The van der Waals surface area contributed by atoms with Crippen LogP contribution in [0.2, 0.25) is 5.02 Å². The fourth-order valence-corrected chi connectivity index (χ4v) is 1.32. The van der Waals surface area contributed by atoms with Crippen molar-refractivity contribution in [3.8, 4) is 0 Å². The van der Waals surface area contributed by atoms with Crippen LogP contribution in [0.25, 0.3) is 0 Å². The lowest BCUT2D eigenvalue weighted by molar-refractivity contribution is -0.118. The van der Waals surface area contributed by atoms with Crippen LogP contribution in [0.3, 0.4) is 0 Å². The summed E-state index contributed by atoms with van der Waals surface area (Å²) in [6.07, 6.45) is 0. The molecule has 0 aliphatic heterocycles. The number of halogens is 3. The standard InChI is InChI=1S/C9H8BrClFNO/c10-4-8(14)13-5-6-2-1-3-7(11)9(6)12/h1-3H,4-5H2,(H,13,14). The predicted octanol–water partition coefficient (Wildman–Crippen LogP) is 2.49. The lowest BCUT2D eigenvalue weighted by atomic mass is 10.2. The first-order chi connectivity index (χ1) is 6.65. The van der Waals surface area contributed by atoms with Gasteiger partial charge in [0.1, 0.15) is 5.82 Å². The van der Waals surface area contributed by atoms with Crippen LogP contribution >= 0.6 is 27.5 Å². The topological polar surface area (TPSA) is 29.1 Å². The molecule has 0 bridgehead atoms. The largest absolute Gasteiger partial charge is 0.351 e. The lowest BCUT2D eigenvalue weighted by Crippen LogP contribution is -2.24. The number of nitrogens with one attached hydrogen (secondary N) is 1. The molecule has 1 amide bonds. The van der Waals surface area contributed by atoms with Crippen LogP contribution in [-0.2, 0) is 11.3 Å². The van der Waals surface area contributed by atoms with E-state index in [4.69, 9.17) is 11.6 Å². The van der Waals surface area contributed by atoms with Gasteiger partial charge < -0.3 is 5.32 Å². The highest BCUT2D eigenvalue weighted by atomic mass is 79.9. The number of hydrogen-bond donors (Lipinski definition) is 1. The summed E-state index contributed by atoms with van der Waals surface area (Å²) in [4.78, 5) is 10.9. The zero-order chi connectivity index (χ0) is 10.6. The van der Waals surface area contributed by atoms with E-state index in [1.807, 2.05) is 0 Å². The molecule has 0 radical (unpaired) electrons. The van der Waals surface area contributed by atoms with Gasteiger partial charge in [-0.15, -0.1) is 0 Å². The van der Waals surface area contributed by atoms with Crippen molar-refractivity contribution in [2.45, 2.75) is 6.54 Å². The highest BCUT2D eigenvalue weighted by Crippen LogP contribution is 2.17. The van der Waals surface area contributed by atoms with E-state index >= 15 is 0 Å². The van der Waals surface area contributed by atoms with E-state index in [0.717, 1.165) is 0 Å². The first kappa shape index (κ1) is 11.5. The maximum atomic E-state index is 13.3. The average Bonchev–Trinajstić information content (AvgIpc) is 2.20. The summed E-state index contributed by atoms with van der Waals surface area (Å²) in [5.41, 5.74) is 0.381. The van der Waals surface area contributed by atoms with Gasteiger partial charge in [-0.2, -0.15) is 0 Å². The van der Waals surface area contributed by atoms with E-state index in [9.17, 15) is 9.18 Å². The molecule has 0 aromatic heterocycles. The molecule has 0 fully saturated rings. The molecule has 1 aromatic rings. The van der Waals surface area contributed by atoms with Gasteiger partial charge in [-0.3, -0.25) is 4.79 Å². The third kappa shape index (κ3) is 2.96. The molecule has 0 saturated carbocycles. The lowest BCUT2D eigenvalue weighted by Gasteiger charge is -2.05. The van der Waals surface area contributed by atoms with Gasteiger partial charge in [-0.05, 0) is 6.07 Å². The van der Waals surface area contributed by atoms with Crippen LogP contribution in [0.5, 0.6) is 0 Å². The summed E-state index contributed by atoms with van der Waals surface area (Å²) in [5.74, 6) is -0.673. The molecule has 0 spiro atoms. The Morgan fingerprint density at radius 2 is 2.29 bits per heavy atom. The average molecular weight is 281 g/mol. The van der Waals surface area contributed by atoms with E-state index in [0.29, 0.717) is 5.56 Å². The third-order valence-corrected chi connectivity index (χ3v) is 2.43. The number of amides is 1. The molecule has 0 atom stereocenters. The van der Waals surface area contributed by atoms with E-state index in [2.05, 4.69) is 21.2 Å². The maximum absolute atomic E-state index is 13.3. The van der Waals surface area contributed by atoms with Crippen LogP contribution in [-0.4, -0.2) is 11.2 Å². The molecule has 1 aromatic carbocycles. The van der Waals surface area contributed by atoms with Crippen molar-refractivity contribution >= 4 is 33.4 Å². The Morgan fingerprint density at radius 3 is 2.93 bits per heavy atom. The van der Waals surface area contributed by atoms with E-state index in [1.54, 1.807) is 12.1 Å². The molecule has 5 heteroatoms. The van der Waals surface area contributed by atoms with Crippen LogP contribution in [0.1, 0.15) is 5.56 Å². The molecule has 0 unspecified atom stereocenters. The molecule has 14 heavy (non-hydrogen) atoms. The van der Waals surface area contributed by atoms with Crippen LogP contribution in [0.4, 0.5) is 4.39 Å². The fraction of sp³-hybridized carbons (Fsp3) is 0.222. The Hall–Kier alpha value is -0.610. The van der Waals surface area contributed by atoms with Gasteiger partial charge in [0.2, 0.25) is 5.91 Å². The molecule has 0 aliphatic rings. The first-order valence-electron chi connectivity index (χ1n) is 3.90. The number of carbonyl (C=O) groups is 1. The number of alkyl halides is 1. The molecule has 1 rings (SSSR count). The molecule has 76 valence electrons. The fourth-order valence-electron chi connectivity index (χ4n) is 0.926. The normalized spacial score (nSPS) is 9.93. The maximum Gasteiger partial charge on any atom is 0.230 e. The Morgan fingerprint density at radius 1 is 1.57 bits per heavy atom. The molecule has 0 aliphatic carbocycles. The summed E-state index contributed by atoms with van der Waals surface area (Å²) in [5, 5.41) is 2.80. The van der Waals surface area contributed by atoms with Gasteiger partial charge in [-0.25, -0.2) is 4.39 Å². The van der Waals surface area contributed by atoms with Gasteiger partial charge in [-0.1, -0.05) is 39.7 Å². The predicted molar refractivity (Wildman–Crippen MR) is 57.1 cm³/mol. The second-order valence-corrected chi connectivity index (χ2v) is 3.59. The Kier molecular flexibility index (Phi) is 4.35. The molecular formula is C9H8BrClFNO. The quantitative estimate of drug-likeness (QED) is 0.847. The second kappa shape index (κ2) is 5.32.